The van der Waals surface area contributed by atoms with Crippen molar-refractivity contribution in [2.24, 2.45) is 5.73 Å². The summed E-state index contributed by atoms with van der Waals surface area (Å²) in [6.07, 6.45) is 4.80. The Balaban J connectivity index is 1.64. The zero-order chi connectivity index (χ0) is 15.5. The maximum atomic E-state index is 12.3. The predicted molar refractivity (Wildman–Crippen MR) is 88.3 cm³/mol. The SMILES string of the molecule is C[C@H](N)C(=O)N1CCC[C@@H]1CN(Cc1ccccc1)C1CC1. The molecule has 2 fully saturated rings. The third-order valence-electron chi connectivity index (χ3n) is 4.79. The fourth-order valence-corrected chi connectivity index (χ4v) is 3.45. The van der Waals surface area contributed by atoms with Gasteiger partial charge in [-0.1, -0.05) is 30.3 Å². The van der Waals surface area contributed by atoms with Gasteiger partial charge in [0.15, 0.2) is 0 Å². The summed E-state index contributed by atoms with van der Waals surface area (Å²) in [5.74, 6) is 0.109. The smallest absolute Gasteiger partial charge is 0.239 e. The van der Waals surface area contributed by atoms with Crippen LogP contribution in [0.3, 0.4) is 0 Å². The second kappa shape index (κ2) is 6.80. The number of hydrogen-bond acceptors (Lipinski definition) is 3. The molecule has 2 atom stereocenters. The van der Waals surface area contributed by atoms with Gasteiger partial charge in [-0.2, -0.15) is 0 Å². The third kappa shape index (κ3) is 3.68. The van der Waals surface area contributed by atoms with Crippen LogP contribution in [0.15, 0.2) is 30.3 Å². The van der Waals surface area contributed by atoms with Crippen molar-refractivity contribution in [2.75, 3.05) is 13.1 Å². The summed E-state index contributed by atoms with van der Waals surface area (Å²) in [5, 5.41) is 0. The first-order valence-corrected chi connectivity index (χ1v) is 8.49. The summed E-state index contributed by atoms with van der Waals surface area (Å²) in [5.41, 5.74) is 7.16. The molecule has 120 valence electrons. The average Bonchev–Trinajstić information content (AvgIpc) is 3.27. The van der Waals surface area contributed by atoms with Crippen LogP contribution in [0.5, 0.6) is 0 Å². The predicted octanol–water partition coefficient (Wildman–Crippen LogP) is 1.99. The normalized spacial score (nSPS) is 23.0. The summed E-state index contributed by atoms with van der Waals surface area (Å²) < 4.78 is 0. The summed E-state index contributed by atoms with van der Waals surface area (Å²) in [6, 6.07) is 11.3. The minimum Gasteiger partial charge on any atom is -0.337 e. The minimum atomic E-state index is -0.385. The molecule has 4 heteroatoms. The summed E-state index contributed by atoms with van der Waals surface area (Å²) in [6.45, 7) is 4.63. The van der Waals surface area contributed by atoms with Crippen molar-refractivity contribution < 1.29 is 4.79 Å². The average molecular weight is 301 g/mol. The van der Waals surface area contributed by atoms with Crippen molar-refractivity contribution >= 4 is 5.91 Å². The second-order valence-electron chi connectivity index (χ2n) is 6.76. The van der Waals surface area contributed by atoms with Crippen molar-refractivity contribution in [1.82, 2.24) is 9.80 Å². The minimum absolute atomic E-state index is 0.109. The van der Waals surface area contributed by atoms with E-state index in [1.54, 1.807) is 6.92 Å². The number of amides is 1. The molecule has 0 spiro atoms. The van der Waals surface area contributed by atoms with Crippen LogP contribution in [0.4, 0.5) is 0 Å². The van der Waals surface area contributed by atoms with Gasteiger partial charge in [0.1, 0.15) is 0 Å². The van der Waals surface area contributed by atoms with Gasteiger partial charge in [0.25, 0.3) is 0 Å². The van der Waals surface area contributed by atoms with E-state index in [0.717, 1.165) is 32.5 Å². The van der Waals surface area contributed by atoms with E-state index < -0.39 is 0 Å². The first-order valence-electron chi connectivity index (χ1n) is 8.49. The number of nitrogens with zero attached hydrogens (tertiary/aromatic N) is 2. The molecule has 3 rings (SSSR count). The first-order chi connectivity index (χ1) is 10.6. The quantitative estimate of drug-likeness (QED) is 0.874. The lowest BCUT2D eigenvalue weighted by Gasteiger charge is -2.32. The number of carbonyl (C=O) groups excluding carboxylic acids is 1. The number of hydrogen-bond donors (Lipinski definition) is 1. The van der Waals surface area contributed by atoms with Crippen molar-refractivity contribution in [3.63, 3.8) is 0 Å². The highest BCUT2D eigenvalue weighted by Crippen LogP contribution is 2.30. The lowest BCUT2D eigenvalue weighted by atomic mass is 10.1. The molecule has 1 saturated heterocycles. The Hall–Kier alpha value is -1.39. The molecule has 1 aliphatic carbocycles. The molecule has 0 aromatic heterocycles. The Bertz CT molecular complexity index is 498. The topological polar surface area (TPSA) is 49.6 Å². The maximum Gasteiger partial charge on any atom is 0.239 e. The lowest BCUT2D eigenvalue weighted by molar-refractivity contribution is -0.133. The van der Waals surface area contributed by atoms with Crippen LogP contribution in [0.25, 0.3) is 0 Å². The van der Waals surface area contributed by atoms with Crippen LogP contribution >= 0.6 is 0 Å². The number of likely N-dealkylation sites (tertiary alicyclic amines) is 1. The first kappa shape index (κ1) is 15.5. The van der Waals surface area contributed by atoms with E-state index in [9.17, 15) is 4.79 Å². The molecule has 4 nitrogen and oxygen atoms in total. The number of rotatable bonds is 6. The summed E-state index contributed by atoms with van der Waals surface area (Å²) in [7, 11) is 0. The number of carbonyl (C=O) groups is 1. The Morgan fingerprint density at radius 1 is 1.32 bits per heavy atom. The largest absolute Gasteiger partial charge is 0.337 e. The Labute approximate surface area is 133 Å². The van der Waals surface area contributed by atoms with Crippen LogP contribution in [0.2, 0.25) is 0 Å². The molecule has 1 aromatic rings. The fraction of sp³-hybridized carbons (Fsp3) is 0.611. The number of nitrogens with two attached hydrogens (primary N) is 1. The highest BCUT2D eigenvalue weighted by atomic mass is 16.2. The number of benzene rings is 1. The molecule has 1 heterocycles. The zero-order valence-corrected chi connectivity index (χ0v) is 13.4. The highest BCUT2D eigenvalue weighted by Gasteiger charge is 2.35. The molecule has 2 N–H and O–H groups in total. The van der Waals surface area contributed by atoms with E-state index in [2.05, 4.69) is 35.2 Å². The second-order valence-corrected chi connectivity index (χ2v) is 6.76. The van der Waals surface area contributed by atoms with Gasteiger partial charge >= 0.3 is 0 Å². The van der Waals surface area contributed by atoms with Gasteiger partial charge in [-0.15, -0.1) is 0 Å². The molecule has 1 aromatic carbocycles. The molecule has 2 aliphatic rings. The molecule has 0 radical (unpaired) electrons. The molecule has 0 bridgehead atoms. The van der Waals surface area contributed by atoms with Crippen LogP contribution in [0.1, 0.15) is 38.2 Å². The van der Waals surface area contributed by atoms with Crippen LogP contribution in [0, 0.1) is 0 Å². The van der Waals surface area contributed by atoms with Gasteiger partial charge in [-0.3, -0.25) is 9.69 Å². The maximum absolute atomic E-state index is 12.3. The Morgan fingerprint density at radius 3 is 2.68 bits per heavy atom. The molecule has 1 aliphatic heterocycles. The molecule has 0 unspecified atom stereocenters. The van der Waals surface area contributed by atoms with Gasteiger partial charge < -0.3 is 10.6 Å². The van der Waals surface area contributed by atoms with E-state index in [-0.39, 0.29) is 11.9 Å². The van der Waals surface area contributed by atoms with Crippen molar-refractivity contribution in [1.29, 1.82) is 0 Å². The van der Waals surface area contributed by atoms with Gasteiger partial charge in [0.05, 0.1) is 6.04 Å². The Morgan fingerprint density at radius 2 is 2.05 bits per heavy atom. The van der Waals surface area contributed by atoms with E-state index >= 15 is 0 Å². The highest BCUT2D eigenvalue weighted by molar-refractivity contribution is 5.81. The van der Waals surface area contributed by atoms with Gasteiger partial charge in [0, 0.05) is 31.7 Å². The third-order valence-corrected chi connectivity index (χ3v) is 4.79. The summed E-state index contributed by atoms with van der Waals surface area (Å²) >= 11 is 0. The molecule has 1 saturated carbocycles. The molecule has 1 amide bonds. The standard InChI is InChI=1S/C18H27N3O/c1-14(19)18(22)21-11-5-8-17(21)13-20(16-9-10-16)12-15-6-3-2-4-7-15/h2-4,6-7,14,16-17H,5,8-13,19H2,1H3/t14-,17+/m0/s1. The Kier molecular flexibility index (Phi) is 4.79. The molecular formula is C18H27N3O. The lowest BCUT2D eigenvalue weighted by Crippen LogP contribution is -2.48. The van der Waals surface area contributed by atoms with Gasteiger partial charge in [0.2, 0.25) is 5.91 Å². The molecule has 22 heavy (non-hydrogen) atoms. The zero-order valence-electron chi connectivity index (χ0n) is 13.4. The van der Waals surface area contributed by atoms with E-state index in [0.29, 0.717) is 12.1 Å². The van der Waals surface area contributed by atoms with Crippen LogP contribution < -0.4 is 5.73 Å². The van der Waals surface area contributed by atoms with Crippen LogP contribution in [-0.4, -0.2) is 46.9 Å². The van der Waals surface area contributed by atoms with E-state index in [4.69, 9.17) is 5.73 Å². The van der Waals surface area contributed by atoms with Crippen molar-refractivity contribution in [2.45, 2.75) is 57.3 Å². The van der Waals surface area contributed by atoms with Gasteiger partial charge in [-0.05, 0) is 38.2 Å². The molecular weight excluding hydrogens is 274 g/mol. The monoisotopic (exact) mass is 301 g/mol. The van der Waals surface area contributed by atoms with E-state index in [1.165, 1.54) is 18.4 Å². The van der Waals surface area contributed by atoms with Crippen molar-refractivity contribution in [3.8, 4) is 0 Å². The van der Waals surface area contributed by atoms with Crippen LogP contribution in [-0.2, 0) is 11.3 Å². The van der Waals surface area contributed by atoms with E-state index in [1.807, 2.05) is 4.90 Å². The fourth-order valence-electron chi connectivity index (χ4n) is 3.45. The summed E-state index contributed by atoms with van der Waals surface area (Å²) in [4.78, 5) is 16.8. The van der Waals surface area contributed by atoms with Crippen molar-refractivity contribution in [3.05, 3.63) is 35.9 Å². The van der Waals surface area contributed by atoms with Gasteiger partial charge in [-0.25, -0.2) is 0 Å².